The van der Waals surface area contributed by atoms with Gasteiger partial charge in [0.2, 0.25) is 5.91 Å². The lowest BCUT2D eigenvalue weighted by molar-refractivity contribution is -0.120. The van der Waals surface area contributed by atoms with E-state index in [0.29, 0.717) is 12.5 Å². The zero-order chi connectivity index (χ0) is 15.3. The molecule has 1 aromatic rings. The van der Waals surface area contributed by atoms with Crippen molar-refractivity contribution in [2.45, 2.75) is 37.3 Å². The summed E-state index contributed by atoms with van der Waals surface area (Å²) in [5.41, 5.74) is 0. The van der Waals surface area contributed by atoms with Gasteiger partial charge in [-0.2, -0.15) is 0 Å². The number of sulfone groups is 1. The van der Waals surface area contributed by atoms with Crippen molar-refractivity contribution in [2.75, 3.05) is 6.54 Å². The summed E-state index contributed by atoms with van der Waals surface area (Å²) in [6, 6.07) is 4.68. The molecule has 20 heavy (non-hydrogen) atoms. The lowest BCUT2D eigenvalue weighted by Gasteiger charge is -2.14. The lowest BCUT2D eigenvalue weighted by atomic mass is 10.1. The first kappa shape index (κ1) is 16.6. The molecule has 1 amide bonds. The van der Waals surface area contributed by atoms with Crippen molar-refractivity contribution < 1.29 is 17.6 Å². The van der Waals surface area contributed by atoms with Crippen molar-refractivity contribution >= 4 is 15.7 Å². The van der Waals surface area contributed by atoms with Gasteiger partial charge < -0.3 is 5.32 Å². The van der Waals surface area contributed by atoms with Crippen LogP contribution in [0.25, 0.3) is 0 Å². The van der Waals surface area contributed by atoms with Crippen LogP contribution in [-0.4, -0.2) is 26.1 Å². The molecular weight excluding hydrogens is 281 g/mol. The highest BCUT2D eigenvalue weighted by Crippen LogP contribution is 2.17. The predicted molar refractivity (Wildman–Crippen MR) is 75.5 cm³/mol. The number of amides is 1. The highest BCUT2D eigenvalue weighted by molar-refractivity contribution is 7.92. The SMILES string of the molecule is CC(C)CCNC(=O)C(C)S(=O)(=O)c1cccc(F)c1. The number of nitrogens with one attached hydrogen (secondary N) is 1. The quantitative estimate of drug-likeness (QED) is 0.875. The summed E-state index contributed by atoms with van der Waals surface area (Å²) < 4.78 is 37.5. The Morgan fingerprint density at radius 1 is 1.30 bits per heavy atom. The molecule has 0 saturated heterocycles. The number of halogens is 1. The van der Waals surface area contributed by atoms with E-state index in [1.807, 2.05) is 13.8 Å². The molecule has 0 aliphatic rings. The van der Waals surface area contributed by atoms with Crippen molar-refractivity contribution in [3.05, 3.63) is 30.1 Å². The van der Waals surface area contributed by atoms with Crippen molar-refractivity contribution in [3.63, 3.8) is 0 Å². The van der Waals surface area contributed by atoms with E-state index in [0.717, 1.165) is 18.6 Å². The minimum Gasteiger partial charge on any atom is -0.355 e. The second-order valence-electron chi connectivity index (χ2n) is 5.12. The molecule has 1 unspecified atom stereocenters. The molecular formula is C14H20FNO3S. The standard InChI is InChI=1S/C14H20FNO3S/c1-10(2)7-8-16-14(17)11(3)20(18,19)13-6-4-5-12(15)9-13/h4-6,9-11H,7-8H2,1-3H3,(H,16,17). The van der Waals surface area contributed by atoms with Gasteiger partial charge >= 0.3 is 0 Å². The molecule has 0 radical (unpaired) electrons. The Kier molecular flexibility index (Phi) is 5.68. The van der Waals surface area contributed by atoms with E-state index >= 15 is 0 Å². The molecule has 1 N–H and O–H groups in total. The fraction of sp³-hybridized carbons (Fsp3) is 0.500. The van der Waals surface area contributed by atoms with Gasteiger partial charge in [-0.1, -0.05) is 19.9 Å². The fourth-order valence-corrected chi connectivity index (χ4v) is 2.94. The molecule has 0 fully saturated rings. The maximum absolute atomic E-state index is 13.1. The molecule has 0 aromatic heterocycles. The molecule has 0 bridgehead atoms. The first-order valence-corrected chi connectivity index (χ1v) is 8.07. The van der Waals surface area contributed by atoms with Gasteiger partial charge in [-0.3, -0.25) is 4.79 Å². The Balaban J connectivity index is 2.79. The predicted octanol–water partition coefficient (Wildman–Crippen LogP) is 2.15. The van der Waals surface area contributed by atoms with E-state index in [9.17, 15) is 17.6 Å². The number of carbonyl (C=O) groups excluding carboxylic acids is 1. The van der Waals surface area contributed by atoms with Gasteiger partial charge in [-0.25, -0.2) is 12.8 Å². The molecule has 6 heteroatoms. The van der Waals surface area contributed by atoms with Crippen molar-refractivity contribution in [1.82, 2.24) is 5.32 Å². The van der Waals surface area contributed by atoms with Gasteiger partial charge in [0.1, 0.15) is 11.1 Å². The van der Waals surface area contributed by atoms with Crippen LogP contribution in [0.5, 0.6) is 0 Å². The number of hydrogen-bond acceptors (Lipinski definition) is 3. The van der Waals surface area contributed by atoms with Crippen LogP contribution in [0.4, 0.5) is 4.39 Å². The van der Waals surface area contributed by atoms with Gasteiger partial charge in [0, 0.05) is 6.54 Å². The van der Waals surface area contributed by atoms with Crippen LogP contribution in [0.2, 0.25) is 0 Å². The molecule has 0 aliphatic carbocycles. The summed E-state index contributed by atoms with van der Waals surface area (Å²) in [5, 5.41) is 1.35. The van der Waals surface area contributed by atoms with Crippen LogP contribution >= 0.6 is 0 Å². The molecule has 0 aliphatic heterocycles. The second kappa shape index (κ2) is 6.83. The van der Waals surface area contributed by atoms with E-state index in [1.165, 1.54) is 19.1 Å². The second-order valence-corrected chi connectivity index (χ2v) is 7.39. The zero-order valence-electron chi connectivity index (χ0n) is 11.9. The Bertz CT molecular complexity index is 570. The average molecular weight is 301 g/mol. The minimum absolute atomic E-state index is 0.177. The minimum atomic E-state index is -3.86. The largest absolute Gasteiger partial charge is 0.355 e. The maximum Gasteiger partial charge on any atom is 0.238 e. The molecule has 1 aromatic carbocycles. The monoisotopic (exact) mass is 301 g/mol. The highest BCUT2D eigenvalue weighted by Gasteiger charge is 2.29. The smallest absolute Gasteiger partial charge is 0.238 e. The number of rotatable bonds is 6. The van der Waals surface area contributed by atoms with Gasteiger partial charge in [0.25, 0.3) is 0 Å². The molecule has 1 atom stereocenters. The zero-order valence-corrected chi connectivity index (χ0v) is 12.7. The fourth-order valence-electron chi connectivity index (χ4n) is 1.62. The summed E-state index contributed by atoms with van der Waals surface area (Å²) >= 11 is 0. The van der Waals surface area contributed by atoms with E-state index in [-0.39, 0.29) is 4.90 Å². The van der Waals surface area contributed by atoms with Crippen molar-refractivity contribution in [2.24, 2.45) is 5.92 Å². The van der Waals surface area contributed by atoms with Crippen LogP contribution in [0.3, 0.4) is 0 Å². The number of hydrogen-bond donors (Lipinski definition) is 1. The first-order chi connectivity index (χ1) is 9.25. The van der Waals surface area contributed by atoms with Crippen LogP contribution < -0.4 is 5.32 Å². The van der Waals surface area contributed by atoms with Gasteiger partial charge in [-0.05, 0) is 37.5 Å². The molecule has 0 saturated carbocycles. The lowest BCUT2D eigenvalue weighted by Crippen LogP contribution is -2.38. The number of benzene rings is 1. The van der Waals surface area contributed by atoms with Gasteiger partial charge in [0.05, 0.1) is 4.90 Å². The van der Waals surface area contributed by atoms with E-state index < -0.39 is 26.8 Å². The summed E-state index contributed by atoms with van der Waals surface area (Å²) in [7, 11) is -3.86. The molecule has 1 rings (SSSR count). The molecule has 0 heterocycles. The topological polar surface area (TPSA) is 63.2 Å². The molecule has 112 valence electrons. The summed E-state index contributed by atoms with van der Waals surface area (Å²) in [6.45, 7) is 5.77. The Labute approximate surface area is 119 Å². The Morgan fingerprint density at radius 3 is 2.50 bits per heavy atom. The van der Waals surface area contributed by atoms with Crippen LogP contribution in [0.15, 0.2) is 29.2 Å². The maximum atomic E-state index is 13.1. The summed E-state index contributed by atoms with van der Waals surface area (Å²) in [4.78, 5) is 11.7. The van der Waals surface area contributed by atoms with Crippen molar-refractivity contribution in [1.29, 1.82) is 0 Å². The highest BCUT2D eigenvalue weighted by atomic mass is 32.2. The molecule has 4 nitrogen and oxygen atoms in total. The molecule has 0 spiro atoms. The van der Waals surface area contributed by atoms with Crippen LogP contribution in [0, 0.1) is 11.7 Å². The van der Waals surface area contributed by atoms with E-state index in [4.69, 9.17) is 0 Å². The first-order valence-electron chi connectivity index (χ1n) is 6.52. The van der Waals surface area contributed by atoms with E-state index in [1.54, 1.807) is 0 Å². The summed E-state index contributed by atoms with van der Waals surface area (Å²) in [5.74, 6) is -0.779. The van der Waals surface area contributed by atoms with Gasteiger partial charge in [-0.15, -0.1) is 0 Å². The average Bonchev–Trinajstić information content (AvgIpc) is 2.37. The number of carbonyl (C=O) groups is 1. The van der Waals surface area contributed by atoms with Crippen LogP contribution in [-0.2, 0) is 14.6 Å². The normalized spacial score (nSPS) is 13.2. The van der Waals surface area contributed by atoms with E-state index in [2.05, 4.69) is 5.32 Å². The van der Waals surface area contributed by atoms with Gasteiger partial charge in [0.15, 0.2) is 9.84 Å². The summed E-state index contributed by atoms with van der Waals surface area (Å²) in [6.07, 6.45) is 0.776. The third kappa shape index (κ3) is 4.30. The third-order valence-electron chi connectivity index (χ3n) is 2.98. The Morgan fingerprint density at radius 2 is 1.95 bits per heavy atom. The third-order valence-corrected chi connectivity index (χ3v) is 5.04. The van der Waals surface area contributed by atoms with Crippen LogP contribution in [0.1, 0.15) is 27.2 Å². The Hall–Kier alpha value is -1.43. The van der Waals surface area contributed by atoms with Crippen molar-refractivity contribution in [3.8, 4) is 0 Å².